The first-order valence-electron chi connectivity index (χ1n) is 5.34. The van der Waals surface area contributed by atoms with Gasteiger partial charge in [0, 0.05) is 10.6 Å². The summed E-state index contributed by atoms with van der Waals surface area (Å²) in [7, 11) is 0. The zero-order chi connectivity index (χ0) is 12.5. The van der Waals surface area contributed by atoms with Crippen molar-refractivity contribution in [2.45, 2.75) is 17.7 Å². The Kier molecular flexibility index (Phi) is 3.40. The van der Waals surface area contributed by atoms with Crippen LogP contribution in [0.1, 0.15) is 12.8 Å². The zero-order valence-corrected chi connectivity index (χ0v) is 11.2. The van der Waals surface area contributed by atoms with Crippen LogP contribution in [0.5, 0.6) is 0 Å². The number of rotatable bonds is 4. The number of carbonyl (C=O) groups is 1. The summed E-state index contributed by atoms with van der Waals surface area (Å²) in [5.74, 6) is -0.0816. The number of nitrogens with two attached hydrogens (primary N) is 1. The van der Waals surface area contributed by atoms with Gasteiger partial charge in [-0.2, -0.15) is 0 Å². The summed E-state index contributed by atoms with van der Waals surface area (Å²) in [5, 5.41) is 2.86. The van der Waals surface area contributed by atoms with Crippen LogP contribution in [0, 0.1) is 5.41 Å². The Balaban J connectivity index is 2.06. The van der Waals surface area contributed by atoms with Crippen molar-refractivity contribution < 1.29 is 4.79 Å². The van der Waals surface area contributed by atoms with Gasteiger partial charge in [0.05, 0.1) is 10.4 Å². The van der Waals surface area contributed by atoms with Crippen LogP contribution in [0.2, 0.25) is 0 Å². The third-order valence-electron chi connectivity index (χ3n) is 3.00. The molecule has 0 spiro atoms. The fraction of sp³-hybridized carbons (Fsp3) is 0.333. The lowest BCUT2D eigenvalue weighted by molar-refractivity contribution is -0.118. The second-order valence-corrected chi connectivity index (χ2v) is 5.45. The summed E-state index contributed by atoms with van der Waals surface area (Å²) in [6, 6.07) is 7.72. The lowest BCUT2D eigenvalue weighted by atomic mass is 10.1. The van der Waals surface area contributed by atoms with Gasteiger partial charge in [-0.25, -0.2) is 0 Å². The summed E-state index contributed by atoms with van der Waals surface area (Å²) in [4.78, 5) is 13.5. The van der Waals surface area contributed by atoms with Gasteiger partial charge in [-0.3, -0.25) is 4.79 Å². The van der Waals surface area contributed by atoms with E-state index in [4.69, 9.17) is 18.0 Å². The predicted octanol–water partition coefficient (Wildman–Crippen LogP) is 2.41. The molecule has 0 bridgehead atoms. The molecule has 3 nitrogen and oxygen atoms in total. The molecule has 1 amide bonds. The molecular weight excluding hydrogens is 252 g/mol. The van der Waals surface area contributed by atoms with Crippen LogP contribution >= 0.6 is 24.0 Å². The molecule has 0 radical (unpaired) electrons. The second kappa shape index (κ2) is 4.66. The number of amides is 1. The van der Waals surface area contributed by atoms with E-state index < -0.39 is 5.41 Å². The van der Waals surface area contributed by atoms with Gasteiger partial charge >= 0.3 is 0 Å². The average Bonchev–Trinajstić information content (AvgIpc) is 3.11. The maximum Gasteiger partial charge on any atom is 0.237 e. The van der Waals surface area contributed by atoms with Gasteiger partial charge < -0.3 is 11.1 Å². The van der Waals surface area contributed by atoms with Gasteiger partial charge in [0.25, 0.3) is 0 Å². The fourth-order valence-electron chi connectivity index (χ4n) is 1.64. The minimum atomic E-state index is -0.590. The summed E-state index contributed by atoms with van der Waals surface area (Å²) >= 11 is 6.61. The number of thioether (sulfide) groups is 1. The molecule has 3 N–H and O–H groups in total. The second-order valence-electron chi connectivity index (χ2n) is 4.13. The SMILES string of the molecule is CSc1ccc(NC(=O)C2(C(N)=S)CC2)cc1. The largest absolute Gasteiger partial charge is 0.392 e. The standard InChI is InChI=1S/C12H14N2OS2/c1-17-9-4-2-8(3-5-9)14-11(15)12(6-7-12)10(13)16/h2-5H,6-7H2,1H3,(H2,13,16)(H,14,15). The quantitative estimate of drug-likeness (QED) is 0.649. The molecule has 0 aromatic heterocycles. The summed E-state index contributed by atoms with van der Waals surface area (Å²) < 4.78 is 0. The summed E-state index contributed by atoms with van der Waals surface area (Å²) in [6.07, 6.45) is 3.54. The van der Waals surface area contributed by atoms with Gasteiger partial charge in [0.2, 0.25) is 5.91 Å². The molecule has 1 aliphatic rings. The van der Waals surface area contributed by atoms with E-state index in [0.717, 1.165) is 18.5 Å². The molecule has 1 aliphatic carbocycles. The van der Waals surface area contributed by atoms with E-state index in [2.05, 4.69) is 5.32 Å². The molecule has 90 valence electrons. The van der Waals surface area contributed by atoms with Crippen LogP contribution in [-0.2, 0) is 4.79 Å². The average molecular weight is 266 g/mol. The van der Waals surface area contributed by atoms with E-state index in [1.54, 1.807) is 11.8 Å². The van der Waals surface area contributed by atoms with E-state index in [9.17, 15) is 4.79 Å². The molecule has 0 heterocycles. The molecule has 2 rings (SSSR count). The van der Waals surface area contributed by atoms with E-state index in [-0.39, 0.29) is 5.91 Å². The number of benzene rings is 1. The first-order chi connectivity index (χ1) is 8.08. The normalized spacial score (nSPS) is 16.3. The zero-order valence-electron chi connectivity index (χ0n) is 9.53. The third kappa shape index (κ3) is 2.45. The Morgan fingerprint density at radius 3 is 2.41 bits per heavy atom. The minimum Gasteiger partial charge on any atom is -0.392 e. The van der Waals surface area contributed by atoms with Gasteiger partial charge in [-0.05, 0) is 43.4 Å². The van der Waals surface area contributed by atoms with Crippen molar-refractivity contribution in [3.63, 3.8) is 0 Å². The highest BCUT2D eigenvalue weighted by molar-refractivity contribution is 7.98. The van der Waals surface area contributed by atoms with Crippen LogP contribution in [0.4, 0.5) is 5.69 Å². The minimum absolute atomic E-state index is 0.0816. The highest BCUT2D eigenvalue weighted by Crippen LogP contribution is 2.46. The molecule has 17 heavy (non-hydrogen) atoms. The first kappa shape index (κ1) is 12.4. The van der Waals surface area contributed by atoms with Crippen LogP contribution in [-0.4, -0.2) is 17.2 Å². The van der Waals surface area contributed by atoms with E-state index in [0.29, 0.717) is 4.99 Å². The molecule has 0 unspecified atom stereocenters. The van der Waals surface area contributed by atoms with Crippen molar-refractivity contribution in [3.05, 3.63) is 24.3 Å². The van der Waals surface area contributed by atoms with Crippen molar-refractivity contribution in [1.29, 1.82) is 0 Å². The van der Waals surface area contributed by atoms with E-state index in [1.165, 1.54) is 4.90 Å². The summed E-state index contributed by atoms with van der Waals surface area (Å²) in [6.45, 7) is 0. The third-order valence-corrected chi connectivity index (χ3v) is 4.14. The molecule has 1 aromatic rings. The molecular formula is C12H14N2OS2. The van der Waals surface area contributed by atoms with Crippen LogP contribution in [0.15, 0.2) is 29.2 Å². The smallest absolute Gasteiger partial charge is 0.237 e. The Labute approximate surface area is 110 Å². The molecule has 1 saturated carbocycles. The Hall–Kier alpha value is -1.07. The van der Waals surface area contributed by atoms with Crippen LogP contribution in [0.25, 0.3) is 0 Å². The molecule has 5 heteroatoms. The molecule has 0 aliphatic heterocycles. The van der Waals surface area contributed by atoms with Gasteiger partial charge in [0.15, 0.2) is 0 Å². The summed E-state index contributed by atoms with van der Waals surface area (Å²) in [5.41, 5.74) is 5.80. The van der Waals surface area contributed by atoms with Crippen LogP contribution in [0.3, 0.4) is 0 Å². The van der Waals surface area contributed by atoms with Crippen molar-refractivity contribution in [2.24, 2.45) is 11.1 Å². The molecule has 0 atom stereocenters. The van der Waals surface area contributed by atoms with Crippen molar-refractivity contribution >= 4 is 40.6 Å². The monoisotopic (exact) mass is 266 g/mol. The van der Waals surface area contributed by atoms with Crippen LogP contribution < -0.4 is 11.1 Å². The number of anilines is 1. The number of nitrogens with one attached hydrogen (secondary N) is 1. The lowest BCUT2D eigenvalue weighted by Crippen LogP contribution is -2.34. The number of carbonyl (C=O) groups excluding carboxylic acids is 1. The molecule has 1 fully saturated rings. The van der Waals surface area contributed by atoms with Crippen molar-refractivity contribution in [1.82, 2.24) is 0 Å². The highest BCUT2D eigenvalue weighted by Gasteiger charge is 2.52. The maximum atomic E-state index is 12.0. The Morgan fingerprint density at radius 1 is 1.41 bits per heavy atom. The Bertz CT molecular complexity index is 452. The number of hydrogen-bond donors (Lipinski definition) is 2. The fourth-order valence-corrected chi connectivity index (χ4v) is 2.34. The number of hydrogen-bond acceptors (Lipinski definition) is 3. The lowest BCUT2D eigenvalue weighted by Gasteiger charge is -2.13. The highest BCUT2D eigenvalue weighted by atomic mass is 32.2. The number of thiocarbonyl (C=S) groups is 1. The molecule has 0 saturated heterocycles. The van der Waals surface area contributed by atoms with E-state index in [1.807, 2.05) is 30.5 Å². The Morgan fingerprint density at radius 2 is 2.00 bits per heavy atom. The molecule has 1 aromatic carbocycles. The van der Waals surface area contributed by atoms with Crippen molar-refractivity contribution in [2.75, 3.05) is 11.6 Å². The first-order valence-corrected chi connectivity index (χ1v) is 6.97. The topological polar surface area (TPSA) is 55.1 Å². The van der Waals surface area contributed by atoms with Gasteiger partial charge in [0.1, 0.15) is 0 Å². The van der Waals surface area contributed by atoms with E-state index >= 15 is 0 Å². The van der Waals surface area contributed by atoms with Gasteiger partial charge in [-0.1, -0.05) is 12.2 Å². The predicted molar refractivity (Wildman–Crippen MR) is 75.3 cm³/mol. The maximum absolute atomic E-state index is 12.0. The van der Waals surface area contributed by atoms with Gasteiger partial charge in [-0.15, -0.1) is 11.8 Å². The van der Waals surface area contributed by atoms with Crippen molar-refractivity contribution in [3.8, 4) is 0 Å².